The second-order valence-electron chi connectivity index (χ2n) is 5.47. The number of benzene rings is 2. The molecule has 16 nitrogen and oxygen atoms in total. The van der Waals surface area contributed by atoms with E-state index < -0.39 is 42.4 Å². The summed E-state index contributed by atoms with van der Waals surface area (Å²) in [7, 11) is 0. The maximum atomic E-state index is 11.1. The first-order chi connectivity index (χ1) is 13.2. The van der Waals surface area contributed by atoms with Crippen molar-refractivity contribution >= 4 is 44.8 Å². The molecule has 0 saturated carbocycles. The third-order valence-corrected chi connectivity index (χ3v) is 3.95. The highest BCUT2D eigenvalue weighted by Crippen LogP contribution is 2.32. The van der Waals surface area contributed by atoms with Crippen LogP contribution in [0.4, 0.5) is 22.7 Å². The zero-order valence-electron chi connectivity index (χ0n) is 13.2. The molecule has 0 saturated heterocycles. The van der Waals surface area contributed by atoms with E-state index in [0.717, 1.165) is 33.5 Å². The molecule has 0 atom stereocenters. The number of nitrogens with zero attached hydrogens (tertiary/aromatic N) is 8. The Morgan fingerprint density at radius 1 is 0.786 bits per heavy atom. The third kappa shape index (κ3) is 2.18. The van der Waals surface area contributed by atoms with Crippen LogP contribution in [0, 0.1) is 40.5 Å². The summed E-state index contributed by atoms with van der Waals surface area (Å²) < 4.78 is 2.01. The molecule has 0 aliphatic heterocycles. The molecule has 16 heteroatoms. The largest absolute Gasteiger partial charge is 0.350 e. The first-order valence-electron chi connectivity index (χ1n) is 7.16. The fraction of sp³-hybridized carbons (Fsp3) is 0. The summed E-state index contributed by atoms with van der Waals surface area (Å²) in [4.78, 5) is 40.6. The van der Waals surface area contributed by atoms with Gasteiger partial charge in [0.1, 0.15) is 0 Å². The van der Waals surface area contributed by atoms with Crippen LogP contribution in [0.3, 0.4) is 0 Å². The zero-order valence-corrected chi connectivity index (χ0v) is 13.2. The average molecular weight is 388 g/mol. The van der Waals surface area contributed by atoms with Crippen LogP contribution in [0.5, 0.6) is 0 Å². The fourth-order valence-electron chi connectivity index (χ4n) is 2.78. The quantitative estimate of drug-likeness (QED) is 0.273. The second kappa shape index (κ2) is 5.37. The molecular weight excluding hydrogens is 384 g/mol. The summed E-state index contributed by atoms with van der Waals surface area (Å²) in [6, 6.07) is 3.52. The normalized spacial score (nSPS) is 11.3. The monoisotopic (exact) mass is 388 g/mol. The molecule has 2 aromatic heterocycles. The Hall–Kier alpha value is -4.76. The standard InChI is InChI=1S/C12H4N8O8/c21-17(22)9-1-5-7(3-11(9)19(25)26)15-14-6-2-10(18(23)24)12(20(27)28)4-8(6)16(15)13-5/h1-4H. The van der Waals surface area contributed by atoms with Gasteiger partial charge in [0.25, 0.3) is 0 Å². The van der Waals surface area contributed by atoms with Crippen LogP contribution in [0.2, 0.25) is 0 Å². The molecule has 0 aliphatic carbocycles. The maximum Gasteiger partial charge on any atom is 0.350 e. The van der Waals surface area contributed by atoms with Crippen molar-refractivity contribution in [3.63, 3.8) is 0 Å². The van der Waals surface area contributed by atoms with Gasteiger partial charge in [-0.2, -0.15) is 4.63 Å². The van der Waals surface area contributed by atoms with Crippen molar-refractivity contribution in [2.45, 2.75) is 0 Å². The van der Waals surface area contributed by atoms with Gasteiger partial charge in [-0.05, 0) is 5.10 Å². The summed E-state index contributed by atoms with van der Waals surface area (Å²) in [5.41, 5.74) is -3.25. The first kappa shape index (κ1) is 16.7. The molecule has 0 amide bonds. The number of hydrogen-bond acceptors (Lipinski definition) is 9. The highest BCUT2D eigenvalue weighted by molar-refractivity contribution is 5.84. The summed E-state index contributed by atoms with van der Waals surface area (Å²) in [5, 5.41) is 52.4. The van der Waals surface area contributed by atoms with Crippen LogP contribution in [-0.4, -0.2) is 29.4 Å². The minimum atomic E-state index is -0.944. The molecule has 0 aliphatic rings. The molecule has 4 aromatic rings. The molecule has 140 valence electrons. The van der Waals surface area contributed by atoms with E-state index in [2.05, 4.69) is 10.2 Å². The lowest BCUT2D eigenvalue weighted by Crippen LogP contribution is -2.30. The number of fused-ring (bicyclic) bond motifs is 5. The average Bonchev–Trinajstić information content (AvgIpc) is 3.14. The predicted molar refractivity (Wildman–Crippen MR) is 85.8 cm³/mol. The minimum Gasteiger partial charge on any atom is -0.270 e. The van der Waals surface area contributed by atoms with Gasteiger partial charge in [-0.1, -0.05) is 0 Å². The van der Waals surface area contributed by atoms with Crippen LogP contribution >= 0.6 is 0 Å². The van der Waals surface area contributed by atoms with Gasteiger partial charge in [0, 0.05) is 17.6 Å². The van der Waals surface area contributed by atoms with Gasteiger partial charge < -0.3 is 0 Å². The Morgan fingerprint density at radius 3 is 1.86 bits per heavy atom. The number of nitro benzene ring substituents is 4. The molecule has 28 heavy (non-hydrogen) atoms. The summed E-state index contributed by atoms with van der Waals surface area (Å²) >= 11 is 0. The van der Waals surface area contributed by atoms with Crippen LogP contribution in [-0.2, 0) is 0 Å². The number of nitro groups is 4. The summed E-state index contributed by atoms with van der Waals surface area (Å²) in [6.07, 6.45) is 0. The molecule has 0 N–H and O–H groups in total. The smallest absolute Gasteiger partial charge is 0.270 e. The zero-order chi connectivity index (χ0) is 20.3. The van der Waals surface area contributed by atoms with E-state index in [9.17, 15) is 40.5 Å². The van der Waals surface area contributed by atoms with Gasteiger partial charge >= 0.3 is 22.7 Å². The highest BCUT2D eigenvalue weighted by atomic mass is 16.6. The number of hydrogen-bond donors (Lipinski definition) is 0. The third-order valence-electron chi connectivity index (χ3n) is 3.95. The molecule has 2 aromatic carbocycles. The molecule has 0 spiro atoms. The van der Waals surface area contributed by atoms with E-state index in [4.69, 9.17) is 0 Å². The van der Waals surface area contributed by atoms with E-state index in [0.29, 0.717) is 0 Å². The highest BCUT2D eigenvalue weighted by Gasteiger charge is 2.30. The maximum absolute atomic E-state index is 11.1. The lowest BCUT2D eigenvalue weighted by molar-refractivity contribution is -0.654. The van der Waals surface area contributed by atoms with Gasteiger partial charge in [0.15, 0.2) is 5.52 Å². The van der Waals surface area contributed by atoms with Crippen molar-refractivity contribution in [3.8, 4) is 0 Å². The van der Waals surface area contributed by atoms with Crippen molar-refractivity contribution < 1.29 is 24.3 Å². The van der Waals surface area contributed by atoms with E-state index in [1.165, 1.54) is 0 Å². The predicted octanol–water partition coefficient (Wildman–Crippen LogP) is 0.816. The van der Waals surface area contributed by atoms with Crippen molar-refractivity contribution in [3.05, 3.63) is 64.7 Å². The Bertz CT molecular complexity index is 1280. The molecular formula is C12H4N8O8. The van der Waals surface area contributed by atoms with Gasteiger partial charge in [-0.15, -0.1) is 4.63 Å². The van der Waals surface area contributed by atoms with Gasteiger partial charge in [-0.25, -0.2) is 0 Å². The SMILES string of the molecule is O=[N+]([O-])c1cc2nn3c4cc([N+](=O)[O-])c([N+](=O)[O-])cc4[n-][n+]3c2cc1[N+](=O)[O-]. The second-order valence-corrected chi connectivity index (χ2v) is 5.47. The molecule has 0 fully saturated rings. The van der Waals surface area contributed by atoms with E-state index >= 15 is 0 Å². The fourth-order valence-corrected chi connectivity index (χ4v) is 2.78. The summed E-state index contributed by atoms with van der Waals surface area (Å²) in [6.45, 7) is 0. The van der Waals surface area contributed by atoms with Crippen LogP contribution in [0.1, 0.15) is 0 Å². The van der Waals surface area contributed by atoms with Crippen LogP contribution in [0.15, 0.2) is 24.3 Å². The van der Waals surface area contributed by atoms with Crippen molar-refractivity contribution in [2.24, 2.45) is 0 Å². The molecule has 2 heterocycles. The molecule has 0 bridgehead atoms. The van der Waals surface area contributed by atoms with Crippen molar-refractivity contribution in [1.29, 1.82) is 0 Å². The van der Waals surface area contributed by atoms with Crippen molar-refractivity contribution in [1.82, 2.24) is 14.8 Å². The molecule has 4 rings (SSSR count). The topological polar surface area (TPSA) is 208 Å². The van der Waals surface area contributed by atoms with Crippen LogP contribution in [0.25, 0.3) is 22.1 Å². The Kier molecular flexibility index (Phi) is 3.20. The van der Waals surface area contributed by atoms with E-state index in [1.54, 1.807) is 0 Å². The Morgan fingerprint density at radius 2 is 1.29 bits per heavy atom. The number of rotatable bonds is 4. The summed E-state index contributed by atoms with van der Waals surface area (Å²) in [5.74, 6) is 0. The molecule has 0 unspecified atom stereocenters. The van der Waals surface area contributed by atoms with Crippen molar-refractivity contribution in [2.75, 3.05) is 0 Å². The Balaban J connectivity index is 2.12. The van der Waals surface area contributed by atoms with Crippen LogP contribution < -0.4 is 9.73 Å². The minimum absolute atomic E-state index is 0.00111. The van der Waals surface area contributed by atoms with E-state index in [1.807, 2.05) is 0 Å². The lowest BCUT2D eigenvalue weighted by atomic mass is 10.2. The lowest BCUT2D eigenvalue weighted by Gasteiger charge is -1.96. The van der Waals surface area contributed by atoms with Gasteiger partial charge in [-0.3, -0.25) is 45.6 Å². The molecule has 0 radical (unpaired) electrons. The Labute approximate surface area is 149 Å². The van der Waals surface area contributed by atoms with E-state index in [-0.39, 0.29) is 22.1 Å². The number of aromatic nitrogens is 4. The first-order valence-corrected chi connectivity index (χ1v) is 7.16. The van der Waals surface area contributed by atoms with Gasteiger partial charge in [0.2, 0.25) is 5.52 Å². The van der Waals surface area contributed by atoms with Gasteiger partial charge in [0.05, 0.1) is 37.3 Å².